The topological polar surface area (TPSA) is 44.1 Å². The normalized spacial score (nSPS) is 17.2. The van der Waals surface area contributed by atoms with Crippen LogP contribution < -0.4 is 0 Å². The minimum atomic E-state index is 0.0352. The molecule has 0 N–H and O–H groups in total. The second-order valence-corrected chi connectivity index (χ2v) is 4.22. The van der Waals surface area contributed by atoms with Crippen molar-refractivity contribution in [1.29, 1.82) is 5.26 Å². The van der Waals surface area contributed by atoms with Crippen LogP contribution in [0, 0.1) is 17.2 Å². The molecule has 0 saturated heterocycles. The molecular weight excluding hydrogens is 176 g/mol. The summed E-state index contributed by atoms with van der Waals surface area (Å²) in [6.07, 6.45) is 5.33. The highest BCUT2D eigenvalue weighted by Gasteiger charge is 2.17. The molecule has 0 radical (unpaired) electrons. The average molecular weight is 194 g/mol. The fourth-order valence-electron chi connectivity index (χ4n) is 2.14. The number of nitriles is 1. The van der Waals surface area contributed by atoms with Crippen LogP contribution in [0.4, 0.5) is 0 Å². The fourth-order valence-corrected chi connectivity index (χ4v) is 2.14. The van der Waals surface area contributed by atoms with Crippen molar-refractivity contribution in [3.8, 4) is 6.07 Å². The summed E-state index contributed by atoms with van der Waals surface area (Å²) in [7, 11) is 1.97. The number of carbonyl (C=O) groups is 1. The summed E-state index contributed by atoms with van der Waals surface area (Å²) < 4.78 is 0. The Balaban J connectivity index is 2.18. The summed E-state index contributed by atoms with van der Waals surface area (Å²) in [6.45, 7) is 1.45. The molecular formula is C11H18N2O. The first-order valence-corrected chi connectivity index (χ1v) is 5.29. The molecule has 1 aliphatic carbocycles. The summed E-state index contributed by atoms with van der Waals surface area (Å²) in [5, 5.41) is 8.34. The molecule has 3 heteroatoms. The lowest BCUT2D eigenvalue weighted by molar-refractivity contribution is -0.119. The molecule has 0 aromatic heterocycles. The lowest BCUT2D eigenvalue weighted by Gasteiger charge is -2.19. The smallest absolute Gasteiger partial charge is 0.160 e. The Hall–Kier alpha value is -0.880. The van der Waals surface area contributed by atoms with Gasteiger partial charge in [-0.25, -0.2) is 0 Å². The number of carbonyl (C=O) groups excluding carboxylic acids is 1. The Morgan fingerprint density at radius 3 is 2.71 bits per heavy atom. The van der Waals surface area contributed by atoms with Crippen molar-refractivity contribution >= 4 is 5.78 Å². The summed E-state index contributed by atoms with van der Waals surface area (Å²) in [4.78, 5) is 13.2. The number of nitrogens with zero attached hydrogens (tertiary/aromatic N) is 2. The van der Waals surface area contributed by atoms with Gasteiger partial charge in [0.1, 0.15) is 0 Å². The van der Waals surface area contributed by atoms with Gasteiger partial charge >= 0.3 is 0 Å². The van der Waals surface area contributed by atoms with Crippen LogP contribution in [-0.2, 0) is 4.79 Å². The van der Waals surface area contributed by atoms with Gasteiger partial charge in [0.25, 0.3) is 0 Å². The molecule has 1 aliphatic rings. The molecule has 0 aliphatic heterocycles. The maximum absolute atomic E-state index is 11.2. The lowest BCUT2D eigenvalue weighted by atomic mass is 10.1. The minimum Gasteiger partial charge on any atom is -0.299 e. The molecule has 0 aromatic carbocycles. The number of ketones is 1. The van der Waals surface area contributed by atoms with Gasteiger partial charge in [-0.2, -0.15) is 5.26 Å². The van der Waals surface area contributed by atoms with Crippen LogP contribution in [0.3, 0.4) is 0 Å². The van der Waals surface area contributed by atoms with Gasteiger partial charge in [0.15, 0.2) is 5.78 Å². The third-order valence-electron chi connectivity index (χ3n) is 2.77. The van der Waals surface area contributed by atoms with Crippen LogP contribution in [-0.4, -0.2) is 30.8 Å². The first kappa shape index (κ1) is 11.2. The Kier molecular flexibility index (Phi) is 4.61. The van der Waals surface area contributed by atoms with E-state index in [1.807, 2.05) is 13.1 Å². The second-order valence-electron chi connectivity index (χ2n) is 4.22. The van der Waals surface area contributed by atoms with Gasteiger partial charge in [-0.3, -0.25) is 9.69 Å². The number of rotatable bonds is 5. The number of likely N-dealkylation sites (N-methyl/N-ethyl adjacent to an activating group) is 1. The lowest BCUT2D eigenvalue weighted by Crippen LogP contribution is -2.29. The number of Topliss-reactive ketones (excluding diaryl/α,β-unsaturated/α-hetero) is 1. The van der Waals surface area contributed by atoms with Gasteiger partial charge in [0.2, 0.25) is 0 Å². The highest BCUT2D eigenvalue weighted by atomic mass is 16.1. The fraction of sp³-hybridized carbons (Fsp3) is 0.818. The summed E-state index contributed by atoms with van der Waals surface area (Å²) >= 11 is 0. The molecule has 78 valence electrons. The summed E-state index contributed by atoms with van der Waals surface area (Å²) in [5.41, 5.74) is 0. The van der Waals surface area contributed by atoms with Gasteiger partial charge in [-0.1, -0.05) is 12.8 Å². The number of hydrogen-bond acceptors (Lipinski definition) is 3. The van der Waals surface area contributed by atoms with E-state index >= 15 is 0 Å². The van der Waals surface area contributed by atoms with Gasteiger partial charge in [0, 0.05) is 6.54 Å². The van der Waals surface area contributed by atoms with Crippen molar-refractivity contribution in [2.45, 2.75) is 32.1 Å². The second kappa shape index (κ2) is 5.77. The van der Waals surface area contributed by atoms with Crippen LogP contribution in [0.5, 0.6) is 0 Å². The Morgan fingerprint density at radius 2 is 2.14 bits per heavy atom. The quantitative estimate of drug-likeness (QED) is 0.667. The molecule has 1 rings (SSSR count). The first-order valence-electron chi connectivity index (χ1n) is 5.29. The van der Waals surface area contributed by atoms with Crippen LogP contribution >= 0.6 is 0 Å². The third-order valence-corrected chi connectivity index (χ3v) is 2.77. The summed E-state index contributed by atoms with van der Waals surface area (Å²) in [6, 6.07) is 1.89. The van der Waals surface area contributed by atoms with Crippen molar-refractivity contribution in [2.24, 2.45) is 5.92 Å². The first-order chi connectivity index (χ1) is 6.72. The van der Waals surface area contributed by atoms with Crippen LogP contribution in [0.15, 0.2) is 0 Å². The molecule has 0 heterocycles. The van der Waals surface area contributed by atoms with Crippen molar-refractivity contribution in [3.05, 3.63) is 0 Å². The molecule has 0 unspecified atom stereocenters. The molecule has 1 saturated carbocycles. The van der Waals surface area contributed by atoms with E-state index in [1.54, 1.807) is 0 Å². The Morgan fingerprint density at radius 1 is 1.50 bits per heavy atom. The van der Waals surface area contributed by atoms with Crippen molar-refractivity contribution in [2.75, 3.05) is 20.1 Å². The molecule has 14 heavy (non-hydrogen) atoms. The van der Waals surface area contributed by atoms with Crippen molar-refractivity contribution in [1.82, 2.24) is 4.90 Å². The Bertz CT molecular complexity index is 226. The zero-order chi connectivity index (χ0) is 10.4. The van der Waals surface area contributed by atoms with E-state index in [9.17, 15) is 4.79 Å². The predicted octanol–water partition coefficient (Wildman–Crippen LogP) is 1.59. The van der Waals surface area contributed by atoms with Gasteiger partial charge in [-0.05, 0) is 25.8 Å². The van der Waals surface area contributed by atoms with Crippen molar-refractivity contribution in [3.63, 3.8) is 0 Å². The van der Waals surface area contributed by atoms with Gasteiger partial charge < -0.3 is 0 Å². The monoisotopic (exact) mass is 194 g/mol. The van der Waals surface area contributed by atoms with Crippen LogP contribution in [0.2, 0.25) is 0 Å². The van der Waals surface area contributed by atoms with Crippen LogP contribution in [0.1, 0.15) is 32.1 Å². The van der Waals surface area contributed by atoms with Gasteiger partial charge in [-0.15, -0.1) is 0 Å². The average Bonchev–Trinajstić information content (AvgIpc) is 2.56. The molecule has 3 nitrogen and oxygen atoms in total. The molecule has 0 aromatic rings. The third kappa shape index (κ3) is 3.89. The minimum absolute atomic E-state index is 0.0352. The summed E-state index contributed by atoms with van der Waals surface area (Å²) in [5.74, 6) is 0.808. The van der Waals surface area contributed by atoms with Crippen LogP contribution in [0.25, 0.3) is 0 Å². The zero-order valence-corrected chi connectivity index (χ0v) is 8.83. The Labute approximate surface area is 85.7 Å². The van der Waals surface area contributed by atoms with E-state index in [4.69, 9.17) is 5.26 Å². The molecule has 1 fully saturated rings. The SMILES string of the molecule is CN(CC(=O)CC#N)CC1CCCC1. The molecule has 0 spiro atoms. The predicted molar refractivity (Wildman–Crippen MR) is 54.7 cm³/mol. The largest absolute Gasteiger partial charge is 0.299 e. The van der Waals surface area contributed by atoms with E-state index in [0.717, 1.165) is 12.5 Å². The maximum Gasteiger partial charge on any atom is 0.160 e. The zero-order valence-electron chi connectivity index (χ0n) is 8.83. The van der Waals surface area contributed by atoms with Crippen molar-refractivity contribution < 1.29 is 4.79 Å². The standard InChI is InChI=1S/C11H18N2O/c1-13(9-11(14)6-7-12)8-10-4-2-3-5-10/h10H,2-6,8-9H2,1H3. The van der Waals surface area contributed by atoms with E-state index in [2.05, 4.69) is 4.90 Å². The molecule has 0 amide bonds. The number of hydrogen-bond donors (Lipinski definition) is 0. The highest BCUT2D eigenvalue weighted by molar-refractivity contribution is 5.82. The van der Waals surface area contributed by atoms with E-state index < -0.39 is 0 Å². The van der Waals surface area contributed by atoms with E-state index in [-0.39, 0.29) is 12.2 Å². The van der Waals surface area contributed by atoms with Gasteiger partial charge in [0.05, 0.1) is 19.0 Å². The van der Waals surface area contributed by atoms with E-state index in [1.165, 1.54) is 25.7 Å². The molecule has 0 atom stereocenters. The van der Waals surface area contributed by atoms with E-state index in [0.29, 0.717) is 6.54 Å². The highest BCUT2D eigenvalue weighted by Crippen LogP contribution is 2.24. The molecule has 0 bridgehead atoms. The maximum atomic E-state index is 11.2.